The summed E-state index contributed by atoms with van der Waals surface area (Å²) in [5, 5.41) is 23.4. The Kier molecular flexibility index (Phi) is 8.39. The minimum absolute atomic E-state index is 0.0895. The third kappa shape index (κ3) is 6.73. The van der Waals surface area contributed by atoms with Crippen molar-refractivity contribution in [1.29, 1.82) is 0 Å². The minimum atomic E-state index is -1.39. The van der Waals surface area contributed by atoms with Crippen LogP contribution in [0.3, 0.4) is 0 Å². The topological polar surface area (TPSA) is 128 Å². The molecule has 1 rings (SSSR count). The number of non-ortho nitro benzene ring substituents is 1. The van der Waals surface area contributed by atoms with Crippen LogP contribution in [-0.4, -0.2) is 46.2 Å². The van der Waals surface area contributed by atoms with Crippen molar-refractivity contribution in [3.05, 3.63) is 39.9 Å². The first-order valence-electron chi connectivity index (χ1n) is 7.06. The van der Waals surface area contributed by atoms with E-state index in [4.69, 9.17) is 27.9 Å². The number of ether oxygens (including phenoxy) is 2. The lowest BCUT2D eigenvalue weighted by Gasteiger charge is -2.24. The first-order chi connectivity index (χ1) is 11.8. The van der Waals surface area contributed by atoms with Gasteiger partial charge in [0.05, 0.1) is 17.6 Å². The molecule has 0 aliphatic carbocycles. The van der Waals surface area contributed by atoms with Gasteiger partial charge >= 0.3 is 6.16 Å². The van der Waals surface area contributed by atoms with Crippen molar-refractivity contribution in [2.24, 2.45) is 0 Å². The van der Waals surface area contributed by atoms with Crippen molar-refractivity contribution in [2.45, 2.75) is 23.9 Å². The molecule has 0 heterocycles. The number of aliphatic hydroxyl groups excluding tert-OH is 1. The average molecular weight is 395 g/mol. The monoisotopic (exact) mass is 394 g/mol. The maximum absolute atomic E-state index is 11.7. The van der Waals surface area contributed by atoms with Gasteiger partial charge in [-0.3, -0.25) is 14.9 Å². The number of alkyl halides is 2. The molecule has 11 heteroatoms. The SMILES string of the molecule is CCOC(=O)OC[C@@H](NC(=O)C(Cl)Cl)[C@H](O)c1ccc([N+](=O)[O-])cc1. The van der Waals surface area contributed by atoms with E-state index < -0.39 is 40.6 Å². The summed E-state index contributed by atoms with van der Waals surface area (Å²) in [5.41, 5.74) is 0.0879. The van der Waals surface area contributed by atoms with Gasteiger partial charge in [-0.2, -0.15) is 0 Å². The maximum atomic E-state index is 11.7. The number of nitrogens with zero attached hydrogens (tertiary/aromatic N) is 1. The van der Waals surface area contributed by atoms with E-state index in [9.17, 15) is 24.8 Å². The number of aliphatic hydroxyl groups is 1. The van der Waals surface area contributed by atoms with E-state index in [2.05, 4.69) is 10.1 Å². The van der Waals surface area contributed by atoms with Gasteiger partial charge in [-0.15, -0.1) is 0 Å². The molecule has 0 unspecified atom stereocenters. The Morgan fingerprint density at radius 2 is 1.88 bits per heavy atom. The molecule has 9 nitrogen and oxygen atoms in total. The number of carbonyl (C=O) groups excluding carboxylic acids is 2. The van der Waals surface area contributed by atoms with Crippen molar-refractivity contribution < 1.29 is 29.1 Å². The van der Waals surface area contributed by atoms with Crippen molar-refractivity contribution in [1.82, 2.24) is 5.32 Å². The number of nitrogens with one attached hydrogen (secondary N) is 1. The lowest BCUT2D eigenvalue weighted by molar-refractivity contribution is -0.384. The second kappa shape index (κ2) is 10.0. The van der Waals surface area contributed by atoms with E-state index in [0.29, 0.717) is 0 Å². The lowest BCUT2D eigenvalue weighted by Crippen LogP contribution is -2.45. The van der Waals surface area contributed by atoms with Crippen LogP contribution in [0.2, 0.25) is 0 Å². The molecule has 0 aliphatic rings. The zero-order chi connectivity index (χ0) is 19.0. The molecular weight excluding hydrogens is 379 g/mol. The van der Waals surface area contributed by atoms with E-state index in [1.807, 2.05) is 0 Å². The summed E-state index contributed by atoms with van der Waals surface area (Å²) < 4.78 is 9.39. The highest BCUT2D eigenvalue weighted by atomic mass is 35.5. The second-order valence-corrected chi connectivity index (χ2v) is 5.80. The summed E-state index contributed by atoms with van der Waals surface area (Å²) in [6, 6.07) is 3.90. The van der Waals surface area contributed by atoms with Gasteiger partial charge in [0, 0.05) is 12.1 Å². The van der Waals surface area contributed by atoms with Gasteiger partial charge in [-0.1, -0.05) is 23.2 Å². The summed E-state index contributed by atoms with van der Waals surface area (Å²) in [6.07, 6.45) is -2.32. The molecule has 2 N–H and O–H groups in total. The van der Waals surface area contributed by atoms with Gasteiger partial charge in [-0.25, -0.2) is 4.79 Å². The Labute approximate surface area is 153 Å². The molecule has 1 amide bonds. The molecule has 2 atom stereocenters. The van der Waals surface area contributed by atoms with E-state index in [0.717, 1.165) is 0 Å². The number of hydrogen-bond acceptors (Lipinski definition) is 7. The van der Waals surface area contributed by atoms with Crippen LogP contribution in [-0.2, 0) is 14.3 Å². The first-order valence-corrected chi connectivity index (χ1v) is 7.94. The van der Waals surface area contributed by atoms with Gasteiger partial charge in [0.25, 0.3) is 11.6 Å². The van der Waals surface area contributed by atoms with Crippen molar-refractivity contribution >= 4 is 41.0 Å². The molecular formula is C14H16Cl2N2O7. The molecule has 0 saturated carbocycles. The molecule has 1 aromatic carbocycles. The Balaban J connectivity index is 2.89. The smallest absolute Gasteiger partial charge is 0.435 e. The first kappa shape index (κ1) is 20.9. The predicted octanol–water partition coefficient (Wildman–Crippen LogP) is 2.09. The van der Waals surface area contributed by atoms with Gasteiger partial charge < -0.3 is 19.9 Å². The van der Waals surface area contributed by atoms with E-state index in [1.54, 1.807) is 6.92 Å². The zero-order valence-corrected chi connectivity index (χ0v) is 14.6. The van der Waals surface area contributed by atoms with Crippen LogP contribution in [0.15, 0.2) is 24.3 Å². The number of nitro benzene ring substituents is 1. The fourth-order valence-electron chi connectivity index (χ4n) is 1.80. The molecule has 0 saturated heterocycles. The third-order valence-corrected chi connectivity index (χ3v) is 3.39. The number of rotatable bonds is 8. The zero-order valence-electron chi connectivity index (χ0n) is 13.1. The Morgan fingerprint density at radius 3 is 2.36 bits per heavy atom. The highest BCUT2D eigenvalue weighted by molar-refractivity contribution is 6.53. The molecule has 0 spiro atoms. The summed E-state index contributed by atoms with van der Waals surface area (Å²) >= 11 is 10.9. The minimum Gasteiger partial charge on any atom is -0.435 e. The van der Waals surface area contributed by atoms with E-state index >= 15 is 0 Å². The number of amides is 1. The molecule has 0 aromatic heterocycles. The average Bonchev–Trinajstić information content (AvgIpc) is 2.57. The van der Waals surface area contributed by atoms with Gasteiger partial charge in [-0.05, 0) is 24.6 Å². The van der Waals surface area contributed by atoms with Gasteiger partial charge in [0.15, 0.2) is 4.84 Å². The largest absolute Gasteiger partial charge is 0.508 e. The summed E-state index contributed by atoms with van der Waals surface area (Å²) in [4.78, 5) is 31.6. The molecule has 1 aromatic rings. The Bertz CT molecular complexity index is 610. The highest BCUT2D eigenvalue weighted by Crippen LogP contribution is 2.21. The van der Waals surface area contributed by atoms with Crippen molar-refractivity contribution in [3.8, 4) is 0 Å². The second-order valence-electron chi connectivity index (χ2n) is 4.70. The molecule has 0 aliphatic heterocycles. The van der Waals surface area contributed by atoms with Crippen LogP contribution in [0.4, 0.5) is 10.5 Å². The number of hydrogen-bond donors (Lipinski definition) is 2. The lowest BCUT2D eigenvalue weighted by atomic mass is 10.0. The number of benzene rings is 1. The summed E-state index contributed by atoms with van der Waals surface area (Å²) in [7, 11) is 0. The summed E-state index contributed by atoms with van der Waals surface area (Å²) in [6.45, 7) is 1.24. The standard InChI is InChI=1S/C14H16Cl2N2O7/c1-2-24-14(21)25-7-10(17-13(20)12(15)16)11(19)8-3-5-9(6-4-8)18(22)23/h3-6,10-12,19H,2,7H2,1H3,(H,17,20)/t10-,11-/m1/s1. The van der Waals surface area contributed by atoms with E-state index in [-0.39, 0.29) is 17.9 Å². The summed E-state index contributed by atoms with van der Waals surface area (Å²) in [5.74, 6) is -0.804. The maximum Gasteiger partial charge on any atom is 0.508 e. The molecule has 0 radical (unpaired) electrons. The Morgan fingerprint density at radius 1 is 1.28 bits per heavy atom. The van der Waals surface area contributed by atoms with Crippen LogP contribution in [0.5, 0.6) is 0 Å². The predicted molar refractivity (Wildman–Crippen MR) is 88.5 cm³/mol. The molecule has 0 fully saturated rings. The quantitative estimate of drug-likeness (QED) is 0.299. The van der Waals surface area contributed by atoms with Crippen molar-refractivity contribution in [2.75, 3.05) is 13.2 Å². The molecule has 138 valence electrons. The van der Waals surface area contributed by atoms with Crippen LogP contribution in [0.1, 0.15) is 18.6 Å². The van der Waals surface area contributed by atoms with Crippen LogP contribution >= 0.6 is 23.2 Å². The number of nitro groups is 1. The fourth-order valence-corrected chi connectivity index (χ4v) is 1.93. The number of halogens is 2. The number of carbonyl (C=O) groups is 2. The third-order valence-electron chi connectivity index (χ3n) is 3.00. The van der Waals surface area contributed by atoms with Crippen LogP contribution < -0.4 is 5.32 Å². The van der Waals surface area contributed by atoms with Crippen LogP contribution in [0.25, 0.3) is 0 Å². The Hall–Kier alpha value is -2.10. The van der Waals surface area contributed by atoms with Gasteiger partial charge in [0.2, 0.25) is 0 Å². The fraction of sp³-hybridized carbons (Fsp3) is 0.429. The van der Waals surface area contributed by atoms with E-state index in [1.165, 1.54) is 24.3 Å². The van der Waals surface area contributed by atoms with Gasteiger partial charge in [0.1, 0.15) is 12.7 Å². The molecule has 0 bridgehead atoms. The normalized spacial score (nSPS) is 13.0. The van der Waals surface area contributed by atoms with Crippen molar-refractivity contribution in [3.63, 3.8) is 0 Å². The highest BCUT2D eigenvalue weighted by Gasteiger charge is 2.27. The molecule has 25 heavy (non-hydrogen) atoms. The van der Waals surface area contributed by atoms with Crippen LogP contribution in [0, 0.1) is 10.1 Å².